The van der Waals surface area contributed by atoms with Crippen molar-refractivity contribution in [2.24, 2.45) is 0 Å². The summed E-state index contributed by atoms with van der Waals surface area (Å²) in [6.45, 7) is 0. The standard InChI is InChI=1S/C13H7ClF3NO3/c14-11-6-3-9(7-12(11)18(19)20)8-1-4-10(5-2-8)21-13(15,16)17/h1-7H. The van der Waals surface area contributed by atoms with Gasteiger partial charge in [-0.05, 0) is 29.3 Å². The van der Waals surface area contributed by atoms with Crippen molar-refractivity contribution in [3.63, 3.8) is 0 Å². The molecule has 2 aromatic rings. The highest BCUT2D eigenvalue weighted by Crippen LogP contribution is 2.31. The number of hydrogen-bond donors (Lipinski definition) is 0. The third-order valence-corrected chi connectivity index (χ3v) is 2.88. The van der Waals surface area contributed by atoms with E-state index >= 15 is 0 Å². The van der Waals surface area contributed by atoms with Crippen molar-refractivity contribution in [3.8, 4) is 16.9 Å². The molecule has 0 unspecified atom stereocenters. The molecule has 0 fully saturated rings. The van der Waals surface area contributed by atoms with Crippen LogP contribution >= 0.6 is 11.6 Å². The molecule has 0 amide bonds. The quantitative estimate of drug-likeness (QED) is 0.602. The van der Waals surface area contributed by atoms with Crippen molar-refractivity contribution < 1.29 is 22.8 Å². The minimum atomic E-state index is -4.76. The van der Waals surface area contributed by atoms with Gasteiger partial charge in [0.05, 0.1) is 4.92 Å². The molecule has 0 saturated heterocycles. The van der Waals surface area contributed by atoms with E-state index in [0.29, 0.717) is 11.1 Å². The molecule has 0 aliphatic heterocycles. The van der Waals surface area contributed by atoms with Crippen LogP contribution in [0.1, 0.15) is 0 Å². The van der Waals surface area contributed by atoms with E-state index in [1.54, 1.807) is 0 Å². The molecule has 0 heterocycles. The number of halogens is 4. The first kappa shape index (κ1) is 15.1. The molecule has 8 heteroatoms. The van der Waals surface area contributed by atoms with Crippen LogP contribution < -0.4 is 4.74 Å². The fraction of sp³-hybridized carbons (Fsp3) is 0.0769. The molecule has 0 N–H and O–H groups in total. The molecule has 0 aromatic heterocycles. The maximum absolute atomic E-state index is 12.0. The molecule has 0 radical (unpaired) electrons. The Balaban J connectivity index is 2.31. The Morgan fingerprint density at radius 2 is 1.62 bits per heavy atom. The summed E-state index contributed by atoms with van der Waals surface area (Å²) in [7, 11) is 0. The normalized spacial score (nSPS) is 11.2. The maximum Gasteiger partial charge on any atom is 0.573 e. The molecule has 0 aliphatic rings. The lowest BCUT2D eigenvalue weighted by Gasteiger charge is -2.09. The largest absolute Gasteiger partial charge is 0.573 e. The van der Waals surface area contributed by atoms with Gasteiger partial charge in [0.25, 0.3) is 5.69 Å². The highest BCUT2D eigenvalue weighted by atomic mass is 35.5. The summed E-state index contributed by atoms with van der Waals surface area (Å²) >= 11 is 5.69. The second kappa shape index (κ2) is 5.61. The Morgan fingerprint density at radius 3 is 2.14 bits per heavy atom. The summed E-state index contributed by atoms with van der Waals surface area (Å²) in [5.74, 6) is -0.366. The molecule has 110 valence electrons. The fourth-order valence-electron chi connectivity index (χ4n) is 1.68. The van der Waals surface area contributed by atoms with Gasteiger partial charge in [-0.25, -0.2) is 0 Å². The summed E-state index contributed by atoms with van der Waals surface area (Å²) in [4.78, 5) is 10.2. The third kappa shape index (κ3) is 3.85. The molecule has 0 saturated carbocycles. The second-order valence-corrected chi connectivity index (χ2v) is 4.40. The maximum atomic E-state index is 12.0. The van der Waals surface area contributed by atoms with Gasteiger partial charge in [-0.3, -0.25) is 10.1 Å². The van der Waals surface area contributed by atoms with E-state index in [0.717, 1.165) is 12.1 Å². The zero-order chi connectivity index (χ0) is 15.6. The number of nitro benzene ring substituents is 1. The monoisotopic (exact) mass is 317 g/mol. The van der Waals surface area contributed by atoms with Gasteiger partial charge in [0.1, 0.15) is 10.8 Å². The molecule has 0 spiro atoms. The van der Waals surface area contributed by atoms with Crippen LogP contribution in [0, 0.1) is 10.1 Å². The number of hydrogen-bond acceptors (Lipinski definition) is 3. The smallest absolute Gasteiger partial charge is 0.406 e. The van der Waals surface area contributed by atoms with Crippen LogP contribution in [0.15, 0.2) is 42.5 Å². The lowest BCUT2D eigenvalue weighted by Crippen LogP contribution is -2.16. The first-order chi connectivity index (χ1) is 9.76. The van der Waals surface area contributed by atoms with Crippen LogP contribution in [0.25, 0.3) is 11.1 Å². The van der Waals surface area contributed by atoms with Gasteiger partial charge in [0.2, 0.25) is 0 Å². The molecule has 21 heavy (non-hydrogen) atoms. The van der Waals surface area contributed by atoms with Crippen molar-refractivity contribution in [3.05, 3.63) is 57.6 Å². The zero-order valence-electron chi connectivity index (χ0n) is 10.2. The molecule has 0 aliphatic carbocycles. The summed E-state index contributed by atoms with van der Waals surface area (Å²) in [6, 6.07) is 9.14. The lowest BCUT2D eigenvalue weighted by molar-refractivity contribution is -0.384. The van der Waals surface area contributed by atoms with Crippen LogP contribution in [0.3, 0.4) is 0 Å². The Morgan fingerprint density at radius 1 is 1.05 bits per heavy atom. The summed E-state index contributed by atoms with van der Waals surface area (Å²) < 4.78 is 39.9. The van der Waals surface area contributed by atoms with Crippen molar-refractivity contribution in [1.29, 1.82) is 0 Å². The first-order valence-corrected chi connectivity index (χ1v) is 5.94. The van der Waals surface area contributed by atoms with Crippen LogP contribution in [0.4, 0.5) is 18.9 Å². The van der Waals surface area contributed by atoms with Gasteiger partial charge in [-0.1, -0.05) is 29.8 Å². The van der Waals surface area contributed by atoms with Crippen LogP contribution in [0.2, 0.25) is 5.02 Å². The summed E-state index contributed by atoms with van der Waals surface area (Å²) in [5, 5.41) is 10.8. The van der Waals surface area contributed by atoms with Gasteiger partial charge >= 0.3 is 6.36 Å². The minimum absolute atomic E-state index is 0.0132. The number of benzene rings is 2. The first-order valence-electron chi connectivity index (χ1n) is 5.56. The third-order valence-electron chi connectivity index (χ3n) is 2.56. The Kier molecular flexibility index (Phi) is 4.04. The van der Waals surface area contributed by atoms with Gasteiger partial charge in [-0.2, -0.15) is 0 Å². The lowest BCUT2D eigenvalue weighted by atomic mass is 10.1. The predicted octanol–water partition coefficient (Wildman–Crippen LogP) is 4.81. The Bertz CT molecular complexity index is 671. The van der Waals surface area contributed by atoms with E-state index in [-0.39, 0.29) is 16.5 Å². The highest BCUT2D eigenvalue weighted by molar-refractivity contribution is 6.32. The van der Waals surface area contributed by atoms with Gasteiger partial charge < -0.3 is 4.74 Å². The number of rotatable bonds is 3. The number of ether oxygens (including phenoxy) is 1. The van der Waals surface area contributed by atoms with E-state index in [1.165, 1.54) is 30.3 Å². The molecular formula is C13H7ClF3NO3. The van der Waals surface area contributed by atoms with Crippen LogP contribution in [-0.4, -0.2) is 11.3 Å². The average molecular weight is 318 g/mol. The molecule has 2 rings (SSSR count). The predicted molar refractivity (Wildman–Crippen MR) is 70.2 cm³/mol. The van der Waals surface area contributed by atoms with Crippen molar-refractivity contribution in [1.82, 2.24) is 0 Å². The topological polar surface area (TPSA) is 52.4 Å². The van der Waals surface area contributed by atoms with E-state index < -0.39 is 11.3 Å². The second-order valence-electron chi connectivity index (χ2n) is 4.00. The van der Waals surface area contributed by atoms with Gasteiger partial charge in [0, 0.05) is 6.07 Å². The van der Waals surface area contributed by atoms with Gasteiger partial charge in [-0.15, -0.1) is 13.2 Å². The molecule has 4 nitrogen and oxygen atoms in total. The van der Waals surface area contributed by atoms with E-state index in [1.807, 2.05) is 0 Å². The Labute approximate surface area is 121 Å². The SMILES string of the molecule is O=[N+]([O-])c1cc(-c2ccc(OC(F)(F)F)cc2)ccc1Cl. The van der Waals surface area contributed by atoms with E-state index in [4.69, 9.17) is 11.6 Å². The van der Waals surface area contributed by atoms with E-state index in [2.05, 4.69) is 4.74 Å². The van der Waals surface area contributed by atoms with Crippen molar-refractivity contribution in [2.75, 3.05) is 0 Å². The van der Waals surface area contributed by atoms with Crippen LogP contribution in [0.5, 0.6) is 5.75 Å². The fourth-order valence-corrected chi connectivity index (χ4v) is 1.87. The Hall–Kier alpha value is -2.28. The average Bonchev–Trinajstić information content (AvgIpc) is 2.38. The van der Waals surface area contributed by atoms with Crippen LogP contribution in [-0.2, 0) is 0 Å². The molecule has 0 atom stereocenters. The number of nitro groups is 1. The highest BCUT2D eigenvalue weighted by Gasteiger charge is 2.30. The molecule has 2 aromatic carbocycles. The number of alkyl halides is 3. The van der Waals surface area contributed by atoms with Crippen molar-refractivity contribution in [2.45, 2.75) is 6.36 Å². The number of nitrogens with zero attached hydrogens (tertiary/aromatic N) is 1. The van der Waals surface area contributed by atoms with Gasteiger partial charge in [0.15, 0.2) is 0 Å². The summed E-state index contributed by atoms with van der Waals surface area (Å²) in [5.41, 5.74) is 0.693. The minimum Gasteiger partial charge on any atom is -0.406 e. The molecule has 0 bridgehead atoms. The zero-order valence-corrected chi connectivity index (χ0v) is 11.0. The molecular weight excluding hydrogens is 311 g/mol. The van der Waals surface area contributed by atoms with Crippen molar-refractivity contribution >= 4 is 17.3 Å². The van der Waals surface area contributed by atoms with E-state index in [9.17, 15) is 23.3 Å². The summed E-state index contributed by atoms with van der Waals surface area (Å²) in [6.07, 6.45) is -4.76.